The molecule has 22 heavy (non-hydrogen) atoms. The summed E-state index contributed by atoms with van der Waals surface area (Å²) in [7, 11) is -0.931. The number of aldehydes is 1. The Morgan fingerprint density at radius 1 is 1.18 bits per heavy atom. The van der Waals surface area contributed by atoms with Crippen LogP contribution in [0.3, 0.4) is 0 Å². The molecule has 1 fully saturated rings. The van der Waals surface area contributed by atoms with Crippen molar-refractivity contribution in [1.82, 2.24) is 0 Å². The van der Waals surface area contributed by atoms with E-state index in [1.165, 1.54) is 51.1 Å². The van der Waals surface area contributed by atoms with Crippen molar-refractivity contribution in [1.29, 1.82) is 0 Å². The van der Waals surface area contributed by atoms with Crippen LogP contribution in [-0.4, -0.2) is 43.6 Å². The summed E-state index contributed by atoms with van der Waals surface area (Å²) >= 11 is 0. The Balaban J connectivity index is 2.68. The number of hydrogen-bond donors (Lipinski definition) is 0. The van der Waals surface area contributed by atoms with Crippen molar-refractivity contribution in [3.8, 4) is 0 Å². The Bertz CT molecular complexity index is 321. The van der Waals surface area contributed by atoms with Crippen LogP contribution in [-0.2, 0) is 9.53 Å². The molecule has 0 bridgehead atoms. The van der Waals surface area contributed by atoms with Crippen LogP contribution < -0.4 is 0 Å². The Morgan fingerprint density at radius 3 is 2.23 bits per heavy atom. The predicted molar refractivity (Wildman–Crippen MR) is 99.6 cm³/mol. The van der Waals surface area contributed by atoms with Gasteiger partial charge < -0.3 is 9.53 Å². The van der Waals surface area contributed by atoms with E-state index in [1.807, 2.05) is 0 Å². The van der Waals surface area contributed by atoms with Crippen LogP contribution in [0.2, 0.25) is 0 Å². The van der Waals surface area contributed by atoms with Gasteiger partial charge in [-0.25, -0.2) is 0 Å². The van der Waals surface area contributed by atoms with Gasteiger partial charge in [0.15, 0.2) is 0 Å². The summed E-state index contributed by atoms with van der Waals surface area (Å²) in [5.41, 5.74) is 0.794. The monoisotopic (exact) mass is 329 g/mol. The zero-order chi connectivity index (χ0) is 16.6. The SMILES string of the molecule is CCC(C)(OCC=O)C(C)C[P+](C)(C)C1CCCCCCC1. The normalized spacial score (nSPS) is 22.4. The third-order valence-corrected chi connectivity index (χ3v) is 10.0. The molecule has 0 saturated heterocycles. The number of hydrogen-bond acceptors (Lipinski definition) is 2. The topological polar surface area (TPSA) is 26.3 Å². The molecule has 0 aromatic rings. The summed E-state index contributed by atoms with van der Waals surface area (Å²) < 4.78 is 5.92. The second kappa shape index (κ2) is 9.38. The summed E-state index contributed by atoms with van der Waals surface area (Å²) in [6.45, 7) is 12.1. The van der Waals surface area contributed by atoms with Gasteiger partial charge >= 0.3 is 0 Å². The van der Waals surface area contributed by atoms with Crippen molar-refractivity contribution in [3.05, 3.63) is 0 Å². The molecular weight excluding hydrogens is 291 g/mol. The minimum absolute atomic E-state index is 0.153. The summed E-state index contributed by atoms with van der Waals surface area (Å²) in [4.78, 5) is 10.7. The average molecular weight is 329 g/mol. The van der Waals surface area contributed by atoms with Gasteiger partial charge in [0.1, 0.15) is 12.9 Å². The van der Waals surface area contributed by atoms with E-state index in [0.717, 1.165) is 18.4 Å². The van der Waals surface area contributed by atoms with Crippen LogP contribution in [0.1, 0.15) is 72.1 Å². The molecule has 1 aliphatic carbocycles. The van der Waals surface area contributed by atoms with Gasteiger partial charge in [-0.1, -0.05) is 33.1 Å². The largest absolute Gasteiger partial charge is 0.367 e. The minimum Gasteiger partial charge on any atom is -0.367 e. The summed E-state index contributed by atoms with van der Waals surface area (Å²) in [6, 6.07) is 0. The molecular formula is C19H38O2P+. The molecule has 1 aliphatic rings. The lowest BCUT2D eigenvalue weighted by molar-refractivity contribution is -0.122. The molecule has 0 amide bonds. The number of carbonyl (C=O) groups is 1. The second-order valence-electron chi connectivity index (χ2n) is 8.01. The van der Waals surface area contributed by atoms with E-state index >= 15 is 0 Å². The molecule has 3 heteroatoms. The van der Waals surface area contributed by atoms with Crippen LogP contribution in [0.15, 0.2) is 0 Å². The Kier molecular flexibility index (Phi) is 8.57. The first-order valence-electron chi connectivity index (χ1n) is 9.26. The first kappa shape index (κ1) is 20.1. The Labute approximate surface area is 139 Å². The van der Waals surface area contributed by atoms with Gasteiger partial charge in [-0.3, -0.25) is 0 Å². The highest BCUT2D eigenvalue weighted by Gasteiger charge is 2.42. The van der Waals surface area contributed by atoms with Crippen LogP contribution >= 0.6 is 7.26 Å². The van der Waals surface area contributed by atoms with E-state index in [1.54, 1.807) is 0 Å². The van der Waals surface area contributed by atoms with Crippen molar-refractivity contribution < 1.29 is 9.53 Å². The van der Waals surface area contributed by atoms with E-state index < -0.39 is 7.26 Å². The third-order valence-electron chi connectivity index (χ3n) is 6.03. The minimum atomic E-state index is -0.931. The van der Waals surface area contributed by atoms with Gasteiger partial charge in [0.2, 0.25) is 0 Å². The van der Waals surface area contributed by atoms with E-state index in [-0.39, 0.29) is 12.2 Å². The van der Waals surface area contributed by atoms with Crippen LogP contribution in [0.5, 0.6) is 0 Å². The third kappa shape index (κ3) is 5.93. The fourth-order valence-electron chi connectivity index (χ4n) is 4.00. The second-order valence-corrected chi connectivity index (χ2v) is 12.7. The Morgan fingerprint density at radius 2 is 1.73 bits per heavy atom. The number of ether oxygens (including phenoxy) is 1. The molecule has 0 N–H and O–H groups in total. The van der Waals surface area contributed by atoms with Gasteiger partial charge in [-0.2, -0.15) is 0 Å². The lowest BCUT2D eigenvalue weighted by Gasteiger charge is -2.38. The lowest BCUT2D eigenvalue weighted by Crippen LogP contribution is -2.39. The highest BCUT2D eigenvalue weighted by molar-refractivity contribution is 7.75. The number of carbonyl (C=O) groups excluding carboxylic acids is 1. The molecule has 0 spiro atoms. The zero-order valence-corrected chi connectivity index (χ0v) is 16.5. The van der Waals surface area contributed by atoms with Crippen molar-refractivity contribution >= 4 is 13.5 Å². The van der Waals surface area contributed by atoms with Crippen molar-refractivity contribution in [3.63, 3.8) is 0 Å². The zero-order valence-electron chi connectivity index (χ0n) is 15.6. The smallest absolute Gasteiger partial charge is 0.145 e. The fourth-order valence-corrected chi connectivity index (χ4v) is 7.86. The van der Waals surface area contributed by atoms with Crippen molar-refractivity contribution in [2.45, 2.75) is 83.4 Å². The molecule has 0 radical (unpaired) electrons. The van der Waals surface area contributed by atoms with Crippen LogP contribution in [0, 0.1) is 5.92 Å². The molecule has 0 aromatic carbocycles. The first-order chi connectivity index (χ1) is 10.4. The van der Waals surface area contributed by atoms with E-state index in [0.29, 0.717) is 5.92 Å². The molecule has 2 nitrogen and oxygen atoms in total. The van der Waals surface area contributed by atoms with E-state index in [2.05, 4.69) is 34.1 Å². The molecule has 2 atom stereocenters. The summed E-state index contributed by atoms with van der Waals surface area (Å²) in [6.07, 6.45) is 13.2. The molecule has 0 aliphatic heterocycles. The maximum Gasteiger partial charge on any atom is 0.145 e. The highest BCUT2D eigenvalue weighted by Crippen LogP contribution is 2.61. The quantitative estimate of drug-likeness (QED) is 0.440. The fraction of sp³-hybridized carbons (Fsp3) is 0.947. The Hall–Kier alpha value is 0.0600. The molecule has 130 valence electrons. The maximum absolute atomic E-state index is 10.7. The van der Waals surface area contributed by atoms with Gasteiger partial charge in [-0.15, -0.1) is 0 Å². The lowest BCUT2D eigenvalue weighted by atomic mass is 9.89. The molecule has 2 unspecified atom stereocenters. The van der Waals surface area contributed by atoms with Gasteiger partial charge in [0.05, 0.1) is 17.4 Å². The van der Waals surface area contributed by atoms with Crippen LogP contribution in [0.25, 0.3) is 0 Å². The molecule has 0 aromatic heterocycles. The van der Waals surface area contributed by atoms with Crippen molar-refractivity contribution in [2.75, 3.05) is 26.1 Å². The molecule has 1 saturated carbocycles. The predicted octanol–water partition coefficient (Wildman–Crippen LogP) is 5.40. The molecule has 0 heterocycles. The van der Waals surface area contributed by atoms with E-state index in [9.17, 15) is 4.79 Å². The first-order valence-corrected chi connectivity index (χ1v) is 12.2. The summed E-state index contributed by atoms with van der Waals surface area (Å²) in [5.74, 6) is 0.520. The average Bonchev–Trinajstić information content (AvgIpc) is 2.43. The van der Waals surface area contributed by atoms with Gasteiger partial charge in [0.25, 0.3) is 0 Å². The highest BCUT2D eigenvalue weighted by atomic mass is 31.2. The van der Waals surface area contributed by atoms with Crippen LogP contribution in [0.4, 0.5) is 0 Å². The number of rotatable bonds is 8. The van der Waals surface area contributed by atoms with Gasteiger partial charge in [-0.05, 0) is 39.0 Å². The summed E-state index contributed by atoms with van der Waals surface area (Å²) in [5, 5.41) is 0. The van der Waals surface area contributed by atoms with Crippen molar-refractivity contribution in [2.24, 2.45) is 5.92 Å². The van der Waals surface area contributed by atoms with Gasteiger partial charge in [0, 0.05) is 26.5 Å². The van der Waals surface area contributed by atoms with E-state index in [4.69, 9.17) is 4.74 Å². The molecule has 1 rings (SSSR count). The maximum atomic E-state index is 10.7. The standard InChI is InChI=1S/C19H38O2P/c1-6-19(3,21-15-14-20)17(2)16-22(4,5)18-12-10-8-7-9-11-13-18/h14,17-18H,6-13,15-16H2,1-5H3/q+1.